The molecule has 1 aromatic carbocycles. The minimum absolute atomic E-state index is 0.100. The van der Waals surface area contributed by atoms with Crippen molar-refractivity contribution >= 4 is 5.69 Å². The summed E-state index contributed by atoms with van der Waals surface area (Å²) in [6.07, 6.45) is 0.458. The number of hydrogen-bond acceptors (Lipinski definition) is 4. The number of aliphatic hydroxyl groups is 1. The monoisotopic (exact) mass is 252 g/mol. The number of likely N-dealkylation sites (N-methyl/N-ethyl adjacent to an activating group) is 1. The average molecular weight is 252 g/mol. The number of nitrogens with two attached hydrogens (primary N) is 1. The molecule has 0 spiro atoms. The molecule has 0 aliphatic carbocycles. The van der Waals surface area contributed by atoms with E-state index in [1.807, 2.05) is 36.2 Å². The summed E-state index contributed by atoms with van der Waals surface area (Å²) in [6.45, 7) is 2.97. The van der Waals surface area contributed by atoms with Crippen molar-refractivity contribution in [3.63, 3.8) is 0 Å². The molecule has 0 bridgehead atoms. The van der Waals surface area contributed by atoms with E-state index in [2.05, 4.69) is 6.92 Å². The van der Waals surface area contributed by atoms with Crippen molar-refractivity contribution in [1.82, 2.24) is 0 Å². The van der Waals surface area contributed by atoms with Crippen LogP contribution in [0.2, 0.25) is 0 Å². The molecule has 2 atom stereocenters. The van der Waals surface area contributed by atoms with Gasteiger partial charge < -0.3 is 20.5 Å². The van der Waals surface area contributed by atoms with Gasteiger partial charge in [0.15, 0.2) is 0 Å². The van der Waals surface area contributed by atoms with Crippen molar-refractivity contribution in [2.75, 3.05) is 32.2 Å². The molecule has 102 valence electrons. The van der Waals surface area contributed by atoms with E-state index in [9.17, 15) is 5.11 Å². The SMILES string of the molecule is CC[C@H](N)c1ccc(N(C)CC(O)COC)cc1. The summed E-state index contributed by atoms with van der Waals surface area (Å²) < 4.78 is 4.91. The van der Waals surface area contributed by atoms with Crippen LogP contribution in [0.5, 0.6) is 0 Å². The zero-order valence-corrected chi connectivity index (χ0v) is 11.5. The Bertz CT molecular complexity index is 340. The van der Waals surface area contributed by atoms with Gasteiger partial charge in [-0.15, -0.1) is 0 Å². The largest absolute Gasteiger partial charge is 0.389 e. The summed E-state index contributed by atoms with van der Waals surface area (Å²) in [5, 5.41) is 9.68. The number of ether oxygens (including phenoxy) is 1. The highest BCUT2D eigenvalue weighted by molar-refractivity contribution is 5.47. The molecule has 1 rings (SSSR count). The molecule has 0 aliphatic heterocycles. The second-order valence-corrected chi connectivity index (χ2v) is 4.60. The van der Waals surface area contributed by atoms with Crippen LogP contribution in [0.15, 0.2) is 24.3 Å². The average Bonchev–Trinajstić information content (AvgIpc) is 2.38. The second-order valence-electron chi connectivity index (χ2n) is 4.60. The van der Waals surface area contributed by atoms with Crippen LogP contribution in [0, 0.1) is 0 Å². The Hall–Kier alpha value is -1.10. The molecule has 0 saturated carbocycles. The maximum Gasteiger partial charge on any atom is 0.0947 e. The van der Waals surface area contributed by atoms with Gasteiger partial charge in [-0.05, 0) is 24.1 Å². The van der Waals surface area contributed by atoms with Gasteiger partial charge in [0.05, 0.1) is 12.7 Å². The smallest absolute Gasteiger partial charge is 0.0947 e. The van der Waals surface area contributed by atoms with Gasteiger partial charge in [0.25, 0.3) is 0 Å². The van der Waals surface area contributed by atoms with E-state index in [1.165, 1.54) is 0 Å². The van der Waals surface area contributed by atoms with Crippen molar-refractivity contribution in [3.8, 4) is 0 Å². The summed E-state index contributed by atoms with van der Waals surface area (Å²) in [4.78, 5) is 2.00. The highest BCUT2D eigenvalue weighted by Crippen LogP contribution is 2.19. The number of nitrogens with zero attached hydrogens (tertiary/aromatic N) is 1. The van der Waals surface area contributed by atoms with E-state index in [1.54, 1.807) is 7.11 Å². The summed E-state index contributed by atoms with van der Waals surface area (Å²) in [5.74, 6) is 0. The van der Waals surface area contributed by atoms with Crippen LogP contribution in [0.25, 0.3) is 0 Å². The molecule has 18 heavy (non-hydrogen) atoms. The summed E-state index contributed by atoms with van der Waals surface area (Å²) in [6, 6.07) is 8.25. The molecule has 0 amide bonds. The maximum absolute atomic E-state index is 9.68. The van der Waals surface area contributed by atoms with E-state index < -0.39 is 6.10 Å². The quantitative estimate of drug-likeness (QED) is 0.773. The maximum atomic E-state index is 9.68. The third kappa shape index (κ3) is 4.29. The van der Waals surface area contributed by atoms with Gasteiger partial charge >= 0.3 is 0 Å². The lowest BCUT2D eigenvalue weighted by molar-refractivity contribution is 0.0695. The molecule has 1 unspecified atom stereocenters. The normalized spacial score (nSPS) is 14.3. The molecule has 4 nitrogen and oxygen atoms in total. The molecule has 0 aliphatic rings. The molecule has 0 aromatic heterocycles. The number of anilines is 1. The zero-order valence-electron chi connectivity index (χ0n) is 11.5. The van der Waals surface area contributed by atoms with Crippen molar-refractivity contribution in [2.45, 2.75) is 25.5 Å². The van der Waals surface area contributed by atoms with Crippen LogP contribution in [-0.4, -0.2) is 38.5 Å². The minimum atomic E-state index is -0.474. The van der Waals surface area contributed by atoms with Crippen molar-refractivity contribution < 1.29 is 9.84 Å². The van der Waals surface area contributed by atoms with Crippen LogP contribution >= 0.6 is 0 Å². The van der Waals surface area contributed by atoms with Gasteiger partial charge in [-0.3, -0.25) is 0 Å². The molecular weight excluding hydrogens is 228 g/mol. The van der Waals surface area contributed by atoms with Gasteiger partial charge in [0, 0.05) is 32.4 Å². The summed E-state index contributed by atoms with van der Waals surface area (Å²) >= 11 is 0. The Morgan fingerprint density at radius 2 is 1.94 bits per heavy atom. The minimum Gasteiger partial charge on any atom is -0.389 e. The lowest BCUT2D eigenvalue weighted by Gasteiger charge is -2.23. The number of rotatable bonds is 7. The standard InChI is InChI=1S/C14H24N2O2/c1-4-14(15)11-5-7-12(8-6-11)16(2)9-13(17)10-18-3/h5-8,13-14,17H,4,9-10,15H2,1-3H3/t13?,14-/m0/s1. The fraction of sp³-hybridized carbons (Fsp3) is 0.571. The van der Waals surface area contributed by atoms with E-state index in [0.717, 1.165) is 17.7 Å². The van der Waals surface area contributed by atoms with Gasteiger partial charge in [0.2, 0.25) is 0 Å². The highest BCUT2D eigenvalue weighted by atomic mass is 16.5. The zero-order chi connectivity index (χ0) is 13.5. The van der Waals surface area contributed by atoms with Crippen molar-refractivity contribution in [2.24, 2.45) is 5.73 Å². The van der Waals surface area contributed by atoms with Crippen LogP contribution in [0.4, 0.5) is 5.69 Å². The van der Waals surface area contributed by atoms with Gasteiger partial charge in [0.1, 0.15) is 0 Å². The lowest BCUT2D eigenvalue weighted by Crippen LogP contribution is -2.31. The second kappa shape index (κ2) is 7.36. The van der Waals surface area contributed by atoms with Gasteiger partial charge in [-0.25, -0.2) is 0 Å². The highest BCUT2D eigenvalue weighted by Gasteiger charge is 2.09. The van der Waals surface area contributed by atoms with E-state index >= 15 is 0 Å². The number of hydrogen-bond donors (Lipinski definition) is 2. The van der Waals surface area contributed by atoms with E-state index in [0.29, 0.717) is 13.2 Å². The first kappa shape index (κ1) is 15.0. The van der Waals surface area contributed by atoms with Gasteiger partial charge in [-0.2, -0.15) is 0 Å². The van der Waals surface area contributed by atoms with E-state index in [-0.39, 0.29) is 6.04 Å². The summed E-state index contributed by atoms with van der Waals surface area (Å²) in [7, 11) is 3.54. The Morgan fingerprint density at radius 3 is 2.44 bits per heavy atom. The Balaban J connectivity index is 2.61. The van der Waals surface area contributed by atoms with Crippen molar-refractivity contribution in [3.05, 3.63) is 29.8 Å². The molecule has 0 radical (unpaired) electrons. The Morgan fingerprint density at radius 1 is 1.33 bits per heavy atom. The molecular formula is C14H24N2O2. The topological polar surface area (TPSA) is 58.7 Å². The lowest BCUT2D eigenvalue weighted by atomic mass is 10.1. The molecule has 1 aromatic rings. The van der Waals surface area contributed by atoms with Gasteiger partial charge in [-0.1, -0.05) is 19.1 Å². The Kier molecular flexibility index (Phi) is 6.12. The number of benzene rings is 1. The molecule has 3 N–H and O–H groups in total. The van der Waals surface area contributed by atoms with Crippen LogP contribution in [0.1, 0.15) is 24.9 Å². The fourth-order valence-electron chi connectivity index (χ4n) is 1.88. The van der Waals surface area contributed by atoms with Crippen LogP contribution in [-0.2, 0) is 4.74 Å². The van der Waals surface area contributed by atoms with Crippen molar-refractivity contribution in [1.29, 1.82) is 0 Å². The number of methoxy groups -OCH3 is 1. The molecule has 4 heteroatoms. The third-order valence-corrected chi connectivity index (χ3v) is 3.05. The molecule has 0 fully saturated rings. The molecule has 0 heterocycles. The fourth-order valence-corrected chi connectivity index (χ4v) is 1.88. The first-order valence-electron chi connectivity index (χ1n) is 6.32. The van der Waals surface area contributed by atoms with Crippen LogP contribution < -0.4 is 10.6 Å². The predicted octanol–water partition coefficient (Wildman–Crippen LogP) is 1.54. The number of aliphatic hydroxyl groups excluding tert-OH is 1. The Labute approximate surface area is 109 Å². The first-order chi connectivity index (χ1) is 8.58. The van der Waals surface area contributed by atoms with E-state index in [4.69, 9.17) is 10.5 Å². The summed E-state index contributed by atoms with van der Waals surface area (Å²) in [5.41, 5.74) is 8.18. The molecule has 0 saturated heterocycles. The third-order valence-electron chi connectivity index (χ3n) is 3.05. The first-order valence-corrected chi connectivity index (χ1v) is 6.32. The van der Waals surface area contributed by atoms with Crippen LogP contribution in [0.3, 0.4) is 0 Å². The predicted molar refractivity (Wildman–Crippen MR) is 74.8 cm³/mol.